The fraction of sp³-hybridized carbons (Fsp3) is 0.200. The van der Waals surface area contributed by atoms with Crippen LogP contribution in [0.25, 0.3) is 11.1 Å². The first-order valence-corrected chi connectivity index (χ1v) is 8.83. The van der Waals surface area contributed by atoms with E-state index in [9.17, 15) is 27.9 Å². The number of phenolic OH excluding ortho intramolecular Hbond substituents is 1. The summed E-state index contributed by atoms with van der Waals surface area (Å²) in [7, 11) is 0. The molecule has 0 atom stereocenters. The zero-order valence-electron chi connectivity index (χ0n) is 14.5. The van der Waals surface area contributed by atoms with Crippen LogP contribution in [0.15, 0.2) is 53.6 Å². The molecule has 0 aliphatic carbocycles. The van der Waals surface area contributed by atoms with E-state index in [2.05, 4.69) is 12.6 Å². The van der Waals surface area contributed by atoms with Gasteiger partial charge in [0.1, 0.15) is 5.75 Å². The maximum absolute atomic E-state index is 12.9. The van der Waals surface area contributed by atoms with Crippen LogP contribution in [0, 0.1) is 0 Å². The Morgan fingerprint density at radius 2 is 1.82 bits per heavy atom. The number of hydrogen-bond acceptors (Lipinski definition) is 4. The molecular weight excluding hydrogens is 391 g/mol. The molecule has 1 amide bonds. The molecule has 0 fully saturated rings. The number of benzene rings is 2. The Balaban J connectivity index is 1.84. The molecule has 3 rings (SSSR count). The molecule has 1 heterocycles. The summed E-state index contributed by atoms with van der Waals surface area (Å²) in [6.07, 6.45) is -2.22. The lowest BCUT2D eigenvalue weighted by atomic mass is 9.99. The van der Waals surface area contributed by atoms with Crippen LogP contribution in [0.4, 0.5) is 13.2 Å². The van der Waals surface area contributed by atoms with E-state index in [1.165, 1.54) is 41.4 Å². The molecule has 0 saturated heterocycles. The Hall–Kier alpha value is -2.74. The van der Waals surface area contributed by atoms with Crippen molar-refractivity contribution in [1.82, 2.24) is 4.90 Å². The quantitative estimate of drug-likeness (QED) is 0.573. The second-order valence-corrected chi connectivity index (χ2v) is 6.95. The number of carbonyl (C=O) groups excluding carboxylic acids is 2. The maximum atomic E-state index is 12.9. The van der Waals surface area contributed by atoms with Gasteiger partial charge in [-0.25, -0.2) is 0 Å². The summed E-state index contributed by atoms with van der Waals surface area (Å²) in [6, 6.07) is 8.73. The molecule has 2 aromatic rings. The number of thiol groups is 1. The monoisotopic (exact) mass is 407 g/mol. The molecule has 0 bridgehead atoms. The van der Waals surface area contributed by atoms with E-state index in [1.54, 1.807) is 0 Å². The number of alkyl halides is 3. The van der Waals surface area contributed by atoms with Crippen LogP contribution >= 0.6 is 12.6 Å². The third-order valence-corrected chi connectivity index (χ3v) is 4.69. The molecule has 1 aliphatic rings. The van der Waals surface area contributed by atoms with Gasteiger partial charge in [-0.15, -0.1) is 12.6 Å². The van der Waals surface area contributed by atoms with Crippen molar-refractivity contribution in [3.63, 3.8) is 0 Å². The fourth-order valence-electron chi connectivity index (χ4n) is 2.89. The third kappa shape index (κ3) is 4.39. The average Bonchev–Trinajstić information content (AvgIpc) is 2.64. The SMILES string of the molecule is O=C(CN1C=C(S)CCC1=O)c1ccc(-c2cccc(C(F)(F)F)c2)cc1O. The molecule has 0 radical (unpaired) electrons. The van der Waals surface area contributed by atoms with Gasteiger partial charge in [0.05, 0.1) is 17.7 Å². The molecule has 28 heavy (non-hydrogen) atoms. The fourth-order valence-corrected chi connectivity index (χ4v) is 3.14. The molecule has 8 heteroatoms. The molecule has 0 unspecified atom stereocenters. The van der Waals surface area contributed by atoms with E-state index in [0.717, 1.165) is 12.1 Å². The molecule has 0 saturated carbocycles. The normalized spacial score (nSPS) is 14.8. The molecule has 146 valence electrons. The predicted octanol–water partition coefficient (Wildman–Crippen LogP) is 4.65. The Morgan fingerprint density at radius 3 is 2.50 bits per heavy atom. The Bertz CT molecular complexity index is 969. The van der Waals surface area contributed by atoms with Crippen molar-refractivity contribution in [3.05, 3.63) is 64.7 Å². The third-order valence-electron chi connectivity index (χ3n) is 4.36. The van der Waals surface area contributed by atoms with Crippen LogP contribution in [0.3, 0.4) is 0 Å². The first kappa shape index (κ1) is 20.0. The minimum Gasteiger partial charge on any atom is -0.507 e. The summed E-state index contributed by atoms with van der Waals surface area (Å²) in [5.74, 6) is -1.06. The number of allylic oxidation sites excluding steroid dienone is 1. The topological polar surface area (TPSA) is 57.6 Å². The molecule has 2 aromatic carbocycles. The molecule has 0 spiro atoms. The van der Waals surface area contributed by atoms with Crippen molar-refractivity contribution in [2.24, 2.45) is 0 Å². The van der Waals surface area contributed by atoms with Crippen LogP contribution < -0.4 is 0 Å². The van der Waals surface area contributed by atoms with Gasteiger partial charge < -0.3 is 10.0 Å². The van der Waals surface area contributed by atoms with E-state index in [1.807, 2.05) is 0 Å². The Labute approximate surface area is 164 Å². The van der Waals surface area contributed by atoms with E-state index in [-0.39, 0.29) is 35.7 Å². The largest absolute Gasteiger partial charge is 0.507 e. The molecule has 1 N–H and O–H groups in total. The zero-order valence-corrected chi connectivity index (χ0v) is 15.4. The summed E-state index contributed by atoms with van der Waals surface area (Å²) in [4.78, 5) is 26.3. The van der Waals surface area contributed by atoms with Gasteiger partial charge in [0.2, 0.25) is 5.91 Å². The molecule has 1 aliphatic heterocycles. The Morgan fingerprint density at radius 1 is 1.11 bits per heavy atom. The smallest absolute Gasteiger partial charge is 0.416 e. The van der Waals surface area contributed by atoms with E-state index in [0.29, 0.717) is 16.9 Å². The van der Waals surface area contributed by atoms with E-state index < -0.39 is 17.5 Å². The van der Waals surface area contributed by atoms with Crippen molar-refractivity contribution in [3.8, 4) is 16.9 Å². The minimum absolute atomic E-state index is 0.0109. The van der Waals surface area contributed by atoms with Gasteiger partial charge in [-0.3, -0.25) is 9.59 Å². The number of nitrogens with zero attached hydrogens (tertiary/aromatic N) is 1. The summed E-state index contributed by atoms with van der Waals surface area (Å²) in [6.45, 7) is -0.251. The summed E-state index contributed by atoms with van der Waals surface area (Å²) < 4.78 is 38.6. The highest BCUT2D eigenvalue weighted by Crippen LogP contribution is 2.33. The maximum Gasteiger partial charge on any atom is 0.416 e. The second-order valence-electron chi connectivity index (χ2n) is 6.38. The van der Waals surface area contributed by atoms with Crippen molar-refractivity contribution >= 4 is 24.3 Å². The van der Waals surface area contributed by atoms with E-state index >= 15 is 0 Å². The molecular formula is C20H16F3NO3S. The standard InChI is InChI=1S/C20H16F3NO3S/c21-20(22,23)14-3-1-2-12(8-14)13-4-6-16(17(25)9-13)18(26)11-24-10-15(28)5-7-19(24)27/h1-4,6,8-10,25,28H,5,7,11H2. The number of rotatable bonds is 4. The lowest BCUT2D eigenvalue weighted by Gasteiger charge is -2.22. The predicted molar refractivity (Wildman–Crippen MR) is 101 cm³/mol. The van der Waals surface area contributed by atoms with Crippen LogP contribution in [0.2, 0.25) is 0 Å². The van der Waals surface area contributed by atoms with Gasteiger partial charge in [-0.2, -0.15) is 13.2 Å². The van der Waals surface area contributed by atoms with Crippen LogP contribution in [-0.4, -0.2) is 28.2 Å². The highest BCUT2D eigenvalue weighted by molar-refractivity contribution is 7.84. The number of ketones is 1. The van der Waals surface area contributed by atoms with Crippen LogP contribution in [-0.2, 0) is 11.0 Å². The number of carbonyl (C=O) groups is 2. The second kappa shape index (κ2) is 7.71. The van der Waals surface area contributed by atoms with Gasteiger partial charge in [0.25, 0.3) is 0 Å². The van der Waals surface area contributed by atoms with Crippen molar-refractivity contribution in [2.45, 2.75) is 19.0 Å². The number of Topliss-reactive ketones (excluding diaryl/α,β-unsaturated/α-hetero) is 1. The number of aromatic hydroxyl groups is 1. The van der Waals surface area contributed by atoms with Crippen LogP contribution in [0.1, 0.15) is 28.8 Å². The van der Waals surface area contributed by atoms with Crippen molar-refractivity contribution in [1.29, 1.82) is 0 Å². The number of phenols is 1. The Kier molecular flexibility index (Phi) is 5.51. The first-order chi connectivity index (χ1) is 13.1. The highest BCUT2D eigenvalue weighted by atomic mass is 32.1. The first-order valence-electron chi connectivity index (χ1n) is 8.38. The highest BCUT2D eigenvalue weighted by Gasteiger charge is 2.30. The number of hydrogen-bond donors (Lipinski definition) is 2. The number of halogens is 3. The van der Waals surface area contributed by atoms with Crippen molar-refractivity contribution < 1.29 is 27.9 Å². The van der Waals surface area contributed by atoms with Crippen molar-refractivity contribution in [2.75, 3.05) is 6.54 Å². The summed E-state index contributed by atoms with van der Waals surface area (Å²) in [5, 5.41) is 10.2. The van der Waals surface area contributed by atoms with Gasteiger partial charge >= 0.3 is 6.18 Å². The summed E-state index contributed by atoms with van der Waals surface area (Å²) in [5.41, 5.74) is -0.212. The van der Waals surface area contributed by atoms with Gasteiger partial charge in [-0.05, 0) is 46.7 Å². The lowest BCUT2D eigenvalue weighted by Crippen LogP contribution is -2.33. The molecule has 0 aromatic heterocycles. The average molecular weight is 407 g/mol. The van der Waals surface area contributed by atoms with Gasteiger partial charge in [0.15, 0.2) is 5.78 Å². The number of amides is 1. The van der Waals surface area contributed by atoms with Crippen LogP contribution in [0.5, 0.6) is 5.75 Å². The lowest BCUT2D eigenvalue weighted by molar-refractivity contribution is -0.137. The van der Waals surface area contributed by atoms with Gasteiger partial charge in [-0.1, -0.05) is 18.2 Å². The van der Waals surface area contributed by atoms with E-state index in [4.69, 9.17) is 0 Å². The molecule has 4 nitrogen and oxygen atoms in total. The minimum atomic E-state index is -4.48. The zero-order chi connectivity index (χ0) is 20.5. The van der Waals surface area contributed by atoms with Gasteiger partial charge in [0, 0.05) is 12.6 Å². The summed E-state index contributed by atoms with van der Waals surface area (Å²) >= 11 is 4.20.